The summed E-state index contributed by atoms with van der Waals surface area (Å²) in [6.45, 7) is 6.95. The zero-order chi connectivity index (χ0) is 15.0. The van der Waals surface area contributed by atoms with Gasteiger partial charge in [0, 0.05) is 29.4 Å². The SMILES string of the molecule is Cc1nc(C)c(C(C)NCC2Cc3cc(F)ccc3O2)s1. The number of nitrogens with zero attached hydrogens (tertiary/aromatic N) is 1. The lowest BCUT2D eigenvalue weighted by molar-refractivity contribution is 0.223. The van der Waals surface area contributed by atoms with Crippen LogP contribution in [-0.4, -0.2) is 17.6 Å². The van der Waals surface area contributed by atoms with E-state index in [1.165, 1.54) is 10.9 Å². The van der Waals surface area contributed by atoms with Crippen molar-refractivity contribution >= 4 is 11.3 Å². The van der Waals surface area contributed by atoms with E-state index in [2.05, 4.69) is 17.2 Å². The van der Waals surface area contributed by atoms with Gasteiger partial charge < -0.3 is 10.1 Å². The third kappa shape index (κ3) is 3.09. The summed E-state index contributed by atoms with van der Waals surface area (Å²) in [7, 11) is 0. The average Bonchev–Trinajstić information content (AvgIpc) is 2.98. The number of nitrogens with one attached hydrogen (secondary N) is 1. The molecule has 0 amide bonds. The second-order valence-electron chi connectivity index (χ2n) is 5.51. The molecule has 2 aromatic rings. The summed E-state index contributed by atoms with van der Waals surface area (Å²) in [5, 5.41) is 4.59. The minimum absolute atomic E-state index is 0.0681. The van der Waals surface area contributed by atoms with Gasteiger partial charge in [-0.25, -0.2) is 9.37 Å². The molecule has 0 bridgehead atoms. The normalized spacial score (nSPS) is 18.4. The smallest absolute Gasteiger partial charge is 0.123 e. The minimum Gasteiger partial charge on any atom is -0.488 e. The number of halogens is 1. The number of hydrogen-bond donors (Lipinski definition) is 1. The fraction of sp³-hybridized carbons (Fsp3) is 0.438. The lowest BCUT2D eigenvalue weighted by Crippen LogP contribution is -2.31. The van der Waals surface area contributed by atoms with Crippen molar-refractivity contribution in [1.29, 1.82) is 0 Å². The Labute approximate surface area is 128 Å². The van der Waals surface area contributed by atoms with Gasteiger partial charge in [0.1, 0.15) is 17.7 Å². The molecule has 1 aliphatic heterocycles. The van der Waals surface area contributed by atoms with Crippen LogP contribution in [0.4, 0.5) is 4.39 Å². The number of ether oxygens (including phenoxy) is 1. The highest BCUT2D eigenvalue weighted by Crippen LogP contribution is 2.30. The van der Waals surface area contributed by atoms with E-state index in [0.29, 0.717) is 0 Å². The van der Waals surface area contributed by atoms with Gasteiger partial charge in [0.2, 0.25) is 0 Å². The molecule has 1 aromatic heterocycles. The Kier molecular flexibility index (Phi) is 3.95. The minimum atomic E-state index is -0.199. The third-order valence-electron chi connectivity index (χ3n) is 3.75. The largest absolute Gasteiger partial charge is 0.488 e. The van der Waals surface area contributed by atoms with Crippen LogP contribution in [0.1, 0.15) is 34.1 Å². The molecule has 0 aliphatic carbocycles. The first-order valence-corrected chi connectivity index (χ1v) is 7.97. The van der Waals surface area contributed by atoms with Gasteiger partial charge in [-0.1, -0.05) is 0 Å². The van der Waals surface area contributed by atoms with Crippen molar-refractivity contribution in [3.05, 3.63) is 45.2 Å². The quantitative estimate of drug-likeness (QED) is 0.938. The van der Waals surface area contributed by atoms with Crippen molar-refractivity contribution in [3.8, 4) is 5.75 Å². The second kappa shape index (κ2) is 5.73. The molecular weight excluding hydrogens is 287 g/mol. The monoisotopic (exact) mass is 306 g/mol. The van der Waals surface area contributed by atoms with Crippen LogP contribution in [0.25, 0.3) is 0 Å². The first-order chi connectivity index (χ1) is 10.0. The summed E-state index contributed by atoms with van der Waals surface area (Å²) in [6.07, 6.45) is 0.826. The lowest BCUT2D eigenvalue weighted by atomic mass is 10.1. The van der Waals surface area contributed by atoms with E-state index in [1.807, 2.05) is 13.8 Å². The molecule has 2 heterocycles. The van der Waals surface area contributed by atoms with Gasteiger partial charge in [-0.2, -0.15) is 0 Å². The van der Waals surface area contributed by atoms with Crippen LogP contribution in [-0.2, 0) is 6.42 Å². The highest BCUT2D eigenvalue weighted by molar-refractivity contribution is 7.11. The van der Waals surface area contributed by atoms with Gasteiger partial charge in [0.15, 0.2) is 0 Å². The molecule has 2 atom stereocenters. The maximum absolute atomic E-state index is 13.2. The predicted octanol–water partition coefficient (Wildman–Crippen LogP) is 3.55. The average molecular weight is 306 g/mol. The van der Waals surface area contributed by atoms with E-state index in [0.717, 1.165) is 35.0 Å². The van der Waals surface area contributed by atoms with Crippen LogP contribution in [0.15, 0.2) is 18.2 Å². The predicted molar refractivity (Wildman–Crippen MR) is 82.5 cm³/mol. The van der Waals surface area contributed by atoms with E-state index in [4.69, 9.17) is 4.74 Å². The fourth-order valence-electron chi connectivity index (χ4n) is 2.75. The second-order valence-corrected chi connectivity index (χ2v) is 6.74. The Morgan fingerprint density at radius 1 is 1.48 bits per heavy atom. The first kappa shape index (κ1) is 14.5. The fourth-order valence-corrected chi connectivity index (χ4v) is 3.71. The van der Waals surface area contributed by atoms with Crippen LogP contribution in [0, 0.1) is 19.7 Å². The summed E-state index contributed by atoms with van der Waals surface area (Å²) in [5.74, 6) is 0.607. The molecule has 2 unspecified atom stereocenters. The summed E-state index contributed by atoms with van der Waals surface area (Å²) >= 11 is 1.73. The molecule has 21 heavy (non-hydrogen) atoms. The van der Waals surface area contributed by atoms with Crippen molar-refractivity contribution in [2.75, 3.05) is 6.54 Å². The van der Waals surface area contributed by atoms with Gasteiger partial charge in [0.25, 0.3) is 0 Å². The van der Waals surface area contributed by atoms with E-state index >= 15 is 0 Å². The number of aromatic nitrogens is 1. The number of fused-ring (bicyclic) bond motifs is 1. The summed E-state index contributed by atoms with van der Waals surface area (Å²) in [5.41, 5.74) is 2.05. The molecular formula is C16H19FN2OS. The molecule has 0 saturated heterocycles. The Bertz CT molecular complexity index is 656. The molecule has 1 aliphatic rings. The highest BCUT2D eigenvalue weighted by Gasteiger charge is 2.24. The summed E-state index contributed by atoms with van der Waals surface area (Å²) in [4.78, 5) is 5.73. The molecule has 0 radical (unpaired) electrons. The van der Waals surface area contributed by atoms with E-state index in [9.17, 15) is 4.39 Å². The van der Waals surface area contributed by atoms with Crippen molar-refractivity contribution in [1.82, 2.24) is 10.3 Å². The molecule has 0 saturated carbocycles. The van der Waals surface area contributed by atoms with Crippen LogP contribution < -0.4 is 10.1 Å². The molecule has 3 rings (SSSR count). The highest BCUT2D eigenvalue weighted by atomic mass is 32.1. The van der Waals surface area contributed by atoms with Crippen LogP contribution in [0.2, 0.25) is 0 Å². The lowest BCUT2D eigenvalue weighted by Gasteiger charge is -2.16. The molecule has 3 nitrogen and oxygen atoms in total. The van der Waals surface area contributed by atoms with E-state index in [1.54, 1.807) is 23.5 Å². The Hall–Kier alpha value is -1.46. The zero-order valence-corrected chi connectivity index (χ0v) is 13.3. The third-order valence-corrected chi connectivity index (χ3v) is 5.00. The molecule has 1 aromatic carbocycles. The standard InChI is InChI=1S/C16H19FN2OS/c1-9(16-10(2)19-11(3)21-16)18-8-14-7-12-6-13(17)4-5-15(12)20-14/h4-6,9,14,18H,7-8H2,1-3H3. The Morgan fingerprint density at radius 2 is 2.29 bits per heavy atom. The summed E-state index contributed by atoms with van der Waals surface area (Å²) < 4.78 is 19.0. The molecule has 112 valence electrons. The van der Waals surface area contributed by atoms with Gasteiger partial charge in [0.05, 0.1) is 10.7 Å². The molecule has 5 heteroatoms. The number of benzene rings is 1. The molecule has 0 fully saturated rings. The topological polar surface area (TPSA) is 34.2 Å². The van der Waals surface area contributed by atoms with Gasteiger partial charge in [-0.15, -0.1) is 11.3 Å². The van der Waals surface area contributed by atoms with Gasteiger partial charge in [-0.3, -0.25) is 0 Å². The number of rotatable bonds is 4. The van der Waals surface area contributed by atoms with Crippen LogP contribution in [0.3, 0.4) is 0 Å². The number of thiazole rings is 1. The van der Waals surface area contributed by atoms with E-state index in [-0.39, 0.29) is 18.0 Å². The zero-order valence-electron chi connectivity index (χ0n) is 12.4. The van der Waals surface area contributed by atoms with Crippen LogP contribution in [0.5, 0.6) is 5.75 Å². The van der Waals surface area contributed by atoms with Crippen molar-refractivity contribution in [3.63, 3.8) is 0 Å². The Morgan fingerprint density at radius 3 is 3.00 bits per heavy atom. The molecule has 1 N–H and O–H groups in total. The summed E-state index contributed by atoms with van der Waals surface area (Å²) in [6, 6.07) is 4.97. The number of aryl methyl sites for hydroxylation is 2. The Balaban J connectivity index is 1.58. The maximum Gasteiger partial charge on any atom is 0.123 e. The maximum atomic E-state index is 13.2. The first-order valence-electron chi connectivity index (χ1n) is 7.15. The van der Waals surface area contributed by atoms with Crippen molar-refractivity contribution < 1.29 is 9.13 Å². The molecule has 0 spiro atoms. The van der Waals surface area contributed by atoms with Gasteiger partial charge in [-0.05, 0) is 39.0 Å². The van der Waals surface area contributed by atoms with Crippen molar-refractivity contribution in [2.24, 2.45) is 0 Å². The van der Waals surface area contributed by atoms with Crippen LogP contribution >= 0.6 is 11.3 Å². The number of hydrogen-bond acceptors (Lipinski definition) is 4. The van der Waals surface area contributed by atoms with Gasteiger partial charge >= 0.3 is 0 Å². The van der Waals surface area contributed by atoms with E-state index < -0.39 is 0 Å². The van der Waals surface area contributed by atoms with Crippen molar-refractivity contribution in [2.45, 2.75) is 39.3 Å².